The van der Waals surface area contributed by atoms with Crippen LogP contribution in [0.25, 0.3) is 0 Å². The van der Waals surface area contributed by atoms with Gasteiger partial charge in [-0.15, -0.1) is 0 Å². The van der Waals surface area contributed by atoms with Gasteiger partial charge in [0.15, 0.2) is 0 Å². The van der Waals surface area contributed by atoms with Crippen LogP contribution in [-0.2, 0) is 13.0 Å². The van der Waals surface area contributed by atoms with E-state index in [4.69, 9.17) is 9.72 Å². The van der Waals surface area contributed by atoms with Crippen LogP contribution >= 0.6 is 0 Å². The summed E-state index contributed by atoms with van der Waals surface area (Å²) in [5, 5.41) is 0. The van der Waals surface area contributed by atoms with E-state index in [0.29, 0.717) is 18.0 Å². The van der Waals surface area contributed by atoms with Crippen molar-refractivity contribution in [2.75, 3.05) is 26.7 Å². The number of likely N-dealkylation sites (tertiary alicyclic amines) is 1. The normalized spacial score (nSPS) is 31.7. The van der Waals surface area contributed by atoms with Gasteiger partial charge in [-0.2, -0.15) is 0 Å². The third kappa shape index (κ3) is 3.11. The van der Waals surface area contributed by atoms with Crippen LogP contribution in [0.2, 0.25) is 0 Å². The van der Waals surface area contributed by atoms with Gasteiger partial charge in [-0.25, -0.2) is 9.97 Å². The predicted molar refractivity (Wildman–Crippen MR) is 109 cm³/mol. The number of fused-ring (bicyclic) bond motifs is 2. The lowest BCUT2D eigenvalue weighted by Gasteiger charge is -2.51. The lowest BCUT2D eigenvalue weighted by Crippen LogP contribution is -2.60. The first kappa shape index (κ1) is 18.1. The van der Waals surface area contributed by atoms with Gasteiger partial charge in [0, 0.05) is 43.7 Å². The largest absolute Gasteiger partial charge is 0.497 e. The number of ether oxygens (including phenoxy) is 1. The Morgan fingerprint density at radius 1 is 1.07 bits per heavy atom. The summed E-state index contributed by atoms with van der Waals surface area (Å²) in [6.07, 6.45) is 5.50. The van der Waals surface area contributed by atoms with Crippen molar-refractivity contribution in [1.29, 1.82) is 0 Å². The summed E-state index contributed by atoms with van der Waals surface area (Å²) < 4.78 is 5.37. The Morgan fingerprint density at radius 3 is 2.57 bits per heavy atom. The van der Waals surface area contributed by atoms with E-state index < -0.39 is 0 Å². The molecule has 4 aliphatic heterocycles. The molecular formula is C23H30N4O. The van der Waals surface area contributed by atoms with Gasteiger partial charge in [-0.1, -0.05) is 19.1 Å². The fourth-order valence-electron chi connectivity index (χ4n) is 5.77. The number of hydrogen-bond donors (Lipinski definition) is 0. The van der Waals surface area contributed by atoms with E-state index >= 15 is 0 Å². The molecule has 3 atom stereocenters. The molecule has 2 aromatic rings. The van der Waals surface area contributed by atoms with Gasteiger partial charge in [-0.3, -0.25) is 9.80 Å². The summed E-state index contributed by atoms with van der Waals surface area (Å²) in [5.74, 6) is 3.28. The summed E-state index contributed by atoms with van der Waals surface area (Å²) in [6.45, 7) is 6.70. The first-order valence-corrected chi connectivity index (χ1v) is 10.7. The van der Waals surface area contributed by atoms with E-state index in [9.17, 15) is 0 Å². The molecule has 148 valence electrons. The number of methoxy groups -OCH3 is 1. The molecule has 5 heteroatoms. The minimum Gasteiger partial charge on any atom is -0.497 e. The van der Waals surface area contributed by atoms with Crippen LogP contribution in [0.4, 0.5) is 0 Å². The first-order valence-electron chi connectivity index (χ1n) is 10.7. The van der Waals surface area contributed by atoms with Crippen molar-refractivity contribution in [1.82, 2.24) is 19.8 Å². The molecule has 5 nitrogen and oxygen atoms in total. The Morgan fingerprint density at radius 2 is 1.86 bits per heavy atom. The molecule has 0 radical (unpaired) electrons. The average Bonchev–Trinajstić information content (AvgIpc) is 3.16. The van der Waals surface area contributed by atoms with Gasteiger partial charge in [0.05, 0.1) is 12.8 Å². The van der Waals surface area contributed by atoms with Crippen molar-refractivity contribution >= 4 is 0 Å². The van der Waals surface area contributed by atoms with Crippen molar-refractivity contribution in [2.45, 2.75) is 50.7 Å². The quantitative estimate of drug-likeness (QED) is 0.800. The highest BCUT2D eigenvalue weighted by molar-refractivity contribution is 5.33. The van der Waals surface area contributed by atoms with E-state index in [1.807, 2.05) is 6.20 Å². The van der Waals surface area contributed by atoms with Gasteiger partial charge >= 0.3 is 0 Å². The molecule has 0 aliphatic carbocycles. The third-order valence-corrected chi connectivity index (χ3v) is 7.08. The molecule has 0 amide bonds. The molecule has 6 rings (SSSR count). The van der Waals surface area contributed by atoms with Crippen LogP contribution in [0.15, 0.2) is 36.5 Å². The van der Waals surface area contributed by atoms with Gasteiger partial charge < -0.3 is 4.74 Å². The molecular weight excluding hydrogens is 348 g/mol. The third-order valence-electron chi connectivity index (χ3n) is 7.08. The minimum absolute atomic E-state index is 0.562. The van der Waals surface area contributed by atoms with Crippen molar-refractivity contribution in [3.8, 4) is 5.75 Å². The molecule has 0 unspecified atom stereocenters. The molecule has 28 heavy (non-hydrogen) atoms. The van der Waals surface area contributed by atoms with Gasteiger partial charge in [0.1, 0.15) is 11.6 Å². The van der Waals surface area contributed by atoms with Crippen molar-refractivity contribution < 1.29 is 4.74 Å². The van der Waals surface area contributed by atoms with Crippen LogP contribution < -0.4 is 4.74 Å². The number of nitrogens with zero attached hydrogens (tertiary/aromatic N) is 4. The van der Waals surface area contributed by atoms with E-state index in [0.717, 1.165) is 42.7 Å². The highest BCUT2D eigenvalue weighted by Gasteiger charge is 2.53. The monoisotopic (exact) mass is 378 g/mol. The second-order valence-electron chi connectivity index (χ2n) is 8.48. The van der Waals surface area contributed by atoms with Crippen LogP contribution in [0.5, 0.6) is 5.75 Å². The molecule has 2 bridgehead atoms. The number of aromatic nitrogens is 2. The second kappa shape index (κ2) is 7.45. The summed E-state index contributed by atoms with van der Waals surface area (Å²) in [6, 6.07) is 12.1. The molecule has 4 saturated heterocycles. The van der Waals surface area contributed by atoms with Crippen LogP contribution in [0, 0.1) is 5.92 Å². The minimum atomic E-state index is 0.562. The zero-order chi connectivity index (χ0) is 19.1. The molecule has 0 N–H and O–H groups in total. The second-order valence-corrected chi connectivity index (χ2v) is 8.48. The standard InChI is InChI=1S/C23H30N4O/c1-3-21-24-11-8-18(25-21)14-27-15-20(16-4-6-19(28-2)7-5-16)23-22(27)17-9-12-26(23)13-10-17/h4-8,11,17,20,22-23H,3,9-10,12-15H2,1-2H3/t20-,22+,23+/m0/s1. The van der Waals surface area contributed by atoms with Crippen LogP contribution in [0.1, 0.15) is 42.8 Å². The Kier molecular flexibility index (Phi) is 4.81. The van der Waals surface area contributed by atoms with Gasteiger partial charge in [-0.05, 0) is 55.6 Å². The number of piperidine rings is 3. The molecule has 0 saturated carbocycles. The Balaban J connectivity index is 1.44. The number of aryl methyl sites for hydroxylation is 1. The fraction of sp³-hybridized carbons (Fsp3) is 0.565. The first-order chi connectivity index (χ1) is 13.8. The smallest absolute Gasteiger partial charge is 0.128 e. The fourth-order valence-corrected chi connectivity index (χ4v) is 5.77. The maximum absolute atomic E-state index is 5.37. The molecule has 1 aromatic carbocycles. The van der Waals surface area contributed by atoms with E-state index in [-0.39, 0.29) is 0 Å². The maximum atomic E-state index is 5.37. The molecule has 0 spiro atoms. The van der Waals surface area contributed by atoms with Crippen molar-refractivity contribution in [3.05, 3.63) is 53.6 Å². The highest BCUT2D eigenvalue weighted by atomic mass is 16.5. The van der Waals surface area contributed by atoms with Crippen molar-refractivity contribution in [2.24, 2.45) is 5.92 Å². The molecule has 1 aromatic heterocycles. The zero-order valence-electron chi connectivity index (χ0n) is 16.9. The molecule has 4 fully saturated rings. The Hall–Kier alpha value is -1.98. The SMILES string of the molecule is CCc1nccc(CN2C[C@@H](c3ccc(OC)cc3)[C@@H]3[C@H]2C2CCN3CC2)n1. The molecule has 4 aliphatic rings. The number of hydrogen-bond acceptors (Lipinski definition) is 5. The topological polar surface area (TPSA) is 41.5 Å². The zero-order valence-corrected chi connectivity index (χ0v) is 16.9. The average molecular weight is 379 g/mol. The highest BCUT2D eigenvalue weighted by Crippen LogP contribution is 2.47. The van der Waals surface area contributed by atoms with Crippen molar-refractivity contribution in [3.63, 3.8) is 0 Å². The number of benzene rings is 1. The lowest BCUT2D eigenvalue weighted by atomic mass is 9.75. The summed E-state index contributed by atoms with van der Waals surface area (Å²) >= 11 is 0. The summed E-state index contributed by atoms with van der Waals surface area (Å²) in [4.78, 5) is 14.7. The van der Waals surface area contributed by atoms with E-state index in [2.05, 4.69) is 52.0 Å². The lowest BCUT2D eigenvalue weighted by molar-refractivity contribution is -0.00900. The maximum Gasteiger partial charge on any atom is 0.128 e. The summed E-state index contributed by atoms with van der Waals surface area (Å²) in [7, 11) is 1.74. The molecule has 5 heterocycles. The van der Waals surface area contributed by atoms with Crippen LogP contribution in [0.3, 0.4) is 0 Å². The summed E-state index contributed by atoms with van der Waals surface area (Å²) in [5.41, 5.74) is 2.61. The predicted octanol–water partition coefficient (Wildman–Crippen LogP) is 3.11. The Bertz CT molecular complexity index is 816. The van der Waals surface area contributed by atoms with E-state index in [1.165, 1.54) is 31.5 Å². The number of rotatable bonds is 5. The van der Waals surface area contributed by atoms with E-state index in [1.54, 1.807) is 7.11 Å². The van der Waals surface area contributed by atoms with Crippen LogP contribution in [-0.4, -0.2) is 58.6 Å². The van der Waals surface area contributed by atoms with Gasteiger partial charge in [0.25, 0.3) is 0 Å². The Labute approximate surface area is 167 Å². The van der Waals surface area contributed by atoms with Gasteiger partial charge in [0.2, 0.25) is 0 Å².